The summed E-state index contributed by atoms with van der Waals surface area (Å²) in [5, 5.41) is 0.598. The quantitative estimate of drug-likeness (QED) is 0.195. The molecule has 0 fully saturated rings. The van der Waals surface area contributed by atoms with Crippen LogP contribution < -0.4 is 10.3 Å². The van der Waals surface area contributed by atoms with Crippen molar-refractivity contribution in [3.8, 4) is 11.1 Å². The Hall–Kier alpha value is -4.61. The van der Waals surface area contributed by atoms with Gasteiger partial charge in [0.25, 0.3) is 21.5 Å². The van der Waals surface area contributed by atoms with Crippen molar-refractivity contribution >= 4 is 44.2 Å². The first-order valence-corrected chi connectivity index (χ1v) is 15.5. The smallest absolute Gasteiger partial charge is 0.282 e. The first-order chi connectivity index (χ1) is 21.0. The SMILES string of the molecule is CCCC(=O)Cc1cccc(S(=O)(=O)NC(=O)c2c(-c3ccc[nH]c3=O)c3cc(Cl)ccc3n2Cc2ccc(F)cc2F)c1. The van der Waals surface area contributed by atoms with Gasteiger partial charge in [0.05, 0.1) is 11.4 Å². The molecule has 44 heavy (non-hydrogen) atoms. The number of aromatic amines is 1. The molecule has 3 aromatic carbocycles. The molecular weight excluding hydrogens is 612 g/mol. The fraction of sp³-hybridized carbons (Fsp3) is 0.156. The van der Waals surface area contributed by atoms with Crippen LogP contribution >= 0.6 is 11.6 Å². The molecule has 2 aromatic heterocycles. The number of aromatic nitrogens is 2. The highest BCUT2D eigenvalue weighted by molar-refractivity contribution is 7.90. The van der Waals surface area contributed by atoms with E-state index in [1.165, 1.54) is 59.3 Å². The summed E-state index contributed by atoms with van der Waals surface area (Å²) in [6.45, 7) is 1.55. The van der Waals surface area contributed by atoms with Gasteiger partial charge in [-0.3, -0.25) is 14.4 Å². The Morgan fingerprint density at radius 2 is 1.80 bits per heavy atom. The van der Waals surface area contributed by atoms with Crippen LogP contribution in [0.25, 0.3) is 22.0 Å². The molecule has 5 aromatic rings. The average molecular weight is 638 g/mol. The van der Waals surface area contributed by atoms with Crippen molar-refractivity contribution in [3.63, 3.8) is 0 Å². The molecular formula is C32H26ClF2N3O5S. The van der Waals surface area contributed by atoms with E-state index in [-0.39, 0.29) is 51.1 Å². The second kappa shape index (κ2) is 12.6. The molecule has 0 saturated heterocycles. The maximum absolute atomic E-state index is 14.8. The Morgan fingerprint density at radius 3 is 2.52 bits per heavy atom. The van der Waals surface area contributed by atoms with Gasteiger partial charge in [0, 0.05) is 57.7 Å². The number of Topliss-reactive ketones (excluding diaryl/α,β-unsaturated/α-hetero) is 1. The summed E-state index contributed by atoms with van der Waals surface area (Å²) in [7, 11) is -4.50. The fourth-order valence-electron chi connectivity index (χ4n) is 5.09. The van der Waals surface area contributed by atoms with Crippen LogP contribution in [0.3, 0.4) is 0 Å². The number of pyridine rings is 1. The summed E-state index contributed by atoms with van der Waals surface area (Å²) in [5.41, 5.74) is 0.0891. The van der Waals surface area contributed by atoms with Crippen LogP contribution in [0.5, 0.6) is 0 Å². The number of nitrogens with zero attached hydrogens (tertiary/aromatic N) is 1. The van der Waals surface area contributed by atoms with Crippen LogP contribution in [0.15, 0.2) is 88.7 Å². The van der Waals surface area contributed by atoms with Gasteiger partial charge in [0.2, 0.25) is 0 Å². The predicted molar refractivity (Wildman–Crippen MR) is 163 cm³/mol. The number of rotatable bonds is 10. The molecule has 226 valence electrons. The summed E-state index contributed by atoms with van der Waals surface area (Å²) < 4.78 is 59.0. The van der Waals surface area contributed by atoms with Crippen molar-refractivity contribution < 1.29 is 26.8 Å². The van der Waals surface area contributed by atoms with Gasteiger partial charge >= 0.3 is 0 Å². The van der Waals surface area contributed by atoms with Gasteiger partial charge in [-0.15, -0.1) is 0 Å². The number of halogens is 3. The number of hydrogen-bond acceptors (Lipinski definition) is 5. The molecule has 0 radical (unpaired) electrons. The number of H-pyrrole nitrogens is 1. The van der Waals surface area contributed by atoms with Crippen molar-refractivity contribution in [1.29, 1.82) is 0 Å². The number of carbonyl (C=O) groups is 2. The summed E-state index contributed by atoms with van der Waals surface area (Å²) in [4.78, 5) is 41.5. The Bertz CT molecular complexity index is 2090. The van der Waals surface area contributed by atoms with Crippen LogP contribution in [0.1, 0.15) is 41.4 Å². The molecule has 0 aliphatic carbocycles. The molecule has 0 saturated carbocycles. The summed E-state index contributed by atoms with van der Waals surface area (Å²) in [6.07, 6.45) is 2.43. The Kier molecular flexibility index (Phi) is 8.80. The van der Waals surface area contributed by atoms with Crippen LogP contribution in [0.2, 0.25) is 5.02 Å². The lowest BCUT2D eigenvalue weighted by atomic mass is 10.0. The second-order valence-corrected chi connectivity index (χ2v) is 12.3. The van der Waals surface area contributed by atoms with Gasteiger partial charge in [-0.25, -0.2) is 21.9 Å². The largest absolute Gasteiger partial charge is 0.331 e. The topological polar surface area (TPSA) is 118 Å². The number of sulfonamides is 1. The Balaban J connectivity index is 1.67. The maximum Gasteiger partial charge on any atom is 0.282 e. The first-order valence-electron chi connectivity index (χ1n) is 13.6. The number of ketones is 1. The van der Waals surface area contributed by atoms with Gasteiger partial charge in [0.15, 0.2) is 0 Å². The first kappa shape index (κ1) is 30.8. The third kappa shape index (κ3) is 6.34. The molecule has 1 amide bonds. The van der Waals surface area contributed by atoms with Gasteiger partial charge in [-0.1, -0.05) is 36.7 Å². The lowest BCUT2D eigenvalue weighted by molar-refractivity contribution is -0.118. The minimum Gasteiger partial charge on any atom is -0.331 e. The fourth-order valence-corrected chi connectivity index (χ4v) is 6.28. The van der Waals surface area contributed by atoms with Crippen LogP contribution in [0.4, 0.5) is 8.78 Å². The van der Waals surface area contributed by atoms with E-state index in [9.17, 15) is 31.6 Å². The lowest BCUT2D eigenvalue weighted by Crippen LogP contribution is -2.33. The van der Waals surface area contributed by atoms with E-state index < -0.39 is 33.1 Å². The van der Waals surface area contributed by atoms with Crippen molar-refractivity contribution in [1.82, 2.24) is 14.3 Å². The molecule has 0 spiro atoms. The third-order valence-electron chi connectivity index (χ3n) is 7.04. The summed E-state index contributed by atoms with van der Waals surface area (Å²) in [6, 6.07) is 16.3. The summed E-state index contributed by atoms with van der Waals surface area (Å²) in [5.74, 6) is -2.84. The molecule has 2 heterocycles. The molecule has 0 aliphatic heterocycles. The van der Waals surface area contributed by atoms with Crippen LogP contribution in [0, 0.1) is 11.6 Å². The van der Waals surface area contributed by atoms with E-state index in [4.69, 9.17) is 11.6 Å². The number of amides is 1. The van der Waals surface area contributed by atoms with Gasteiger partial charge in [-0.2, -0.15) is 0 Å². The number of hydrogen-bond donors (Lipinski definition) is 2. The third-order valence-corrected chi connectivity index (χ3v) is 8.60. The van der Waals surface area contributed by atoms with Crippen LogP contribution in [-0.4, -0.2) is 29.7 Å². The molecule has 0 aliphatic rings. The zero-order chi connectivity index (χ0) is 31.6. The van der Waals surface area contributed by atoms with E-state index >= 15 is 0 Å². The average Bonchev–Trinajstić information content (AvgIpc) is 3.27. The number of benzene rings is 3. The minimum absolute atomic E-state index is 0.00752. The van der Waals surface area contributed by atoms with E-state index in [0.717, 1.165) is 6.07 Å². The number of carbonyl (C=O) groups excluding carboxylic acids is 2. The van der Waals surface area contributed by atoms with Gasteiger partial charge in [0.1, 0.15) is 23.1 Å². The lowest BCUT2D eigenvalue weighted by Gasteiger charge is -2.14. The number of nitrogens with one attached hydrogen (secondary N) is 2. The van der Waals surface area contributed by atoms with Crippen molar-refractivity contribution in [2.75, 3.05) is 0 Å². The van der Waals surface area contributed by atoms with E-state index in [1.807, 2.05) is 6.92 Å². The summed E-state index contributed by atoms with van der Waals surface area (Å²) >= 11 is 6.30. The van der Waals surface area contributed by atoms with E-state index in [0.29, 0.717) is 35.4 Å². The number of fused-ring (bicyclic) bond motifs is 1. The molecule has 0 bridgehead atoms. The predicted octanol–water partition coefficient (Wildman–Crippen LogP) is 6.01. The molecule has 8 nitrogen and oxygen atoms in total. The molecule has 0 unspecified atom stereocenters. The standard InChI is InChI=1S/C32H26ClF2N3O5S/c1-2-5-23(39)14-19-6-3-7-24(15-19)44(42,43)37-32(41)30-29(25-8-4-13-36-31(25)40)26-16-21(33)10-12-28(26)38(30)18-20-9-11-22(34)17-27(20)35/h3-4,6-13,15-17H,2,5,14,18H2,1H3,(H,36,40)(H,37,41). The highest BCUT2D eigenvalue weighted by atomic mass is 35.5. The van der Waals surface area contributed by atoms with Crippen molar-refractivity contribution in [3.05, 3.63) is 123 Å². The second-order valence-electron chi connectivity index (χ2n) is 10.2. The highest BCUT2D eigenvalue weighted by Crippen LogP contribution is 2.36. The molecule has 12 heteroatoms. The zero-order valence-electron chi connectivity index (χ0n) is 23.4. The monoisotopic (exact) mass is 637 g/mol. The zero-order valence-corrected chi connectivity index (χ0v) is 24.9. The normalized spacial score (nSPS) is 11.5. The molecule has 2 N–H and O–H groups in total. The van der Waals surface area contributed by atoms with Crippen molar-refractivity contribution in [2.24, 2.45) is 0 Å². The molecule has 0 atom stereocenters. The van der Waals surface area contributed by atoms with Crippen molar-refractivity contribution in [2.45, 2.75) is 37.6 Å². The molecule has 5 rings (SSSR count). The Morgan fingerprint density at radius 1 is 1.00 bits per heavy atom. The maximum atomic E-state index is 14.8. The van der Waals surface area contributed by atoms with Gasteiger partial charge < -0.3 is 9.55 Å². The van der Waals surface area contributed by atoms with Crippen LogP contribution in [-0.2, 0) is 27.8 Å². The Labute approximate surface area is 256 Å². The van der Waals surface area contributed by atoms with Gasteiger partial charge in [-0.05, 0) is 60.5 Å². The van der Waals surface area contributed by atoms with E-state index in [1.54, 1.807) is 12.1 Å². The highest BCUT2D eigenvalue weighted by Gasteiger charge is 2.29. The minimum atomic E-state index is -4.50. The van der Waals surface area contributed by atoms with E-state index in [2.05, 4.69) is 9.71 Å².